The van der Waals surface area contributed by atoms with E-state index in [1.165, 1.54) is 0 Å². The third kappa shape index (κ3) is 6.28. The van der Waals surface area contributed by atoms with Crippen LogP contribution in [0.5, 0.6) is 0 Å². The minimum absolute atomic E-state index is 0.0306. The van der Waals surface area contributed by atoms with Crippen LogP contribution in [0.1, 0.15) is 19.4 Å². The summed E-state index contributed by atoms with van der Waals surface area (Å²) < 4.78 is 10.4. The van der Waals surface area contributed by atoms with Gasteiger partial charge in [-0.1, -0.05) is 30.3 Å². The Balaban J connectivity index is 2.28. The van der Waals surface area contributed by atoms with Gasteiger partial charge >= 0.3 is 5.30 Å². The molecule has 0 atom stereocenters. The maximum atomic E-state index is 11.4. The Morgan fingerprint density at radius 2 is 2.00 bits per heavy atom. The molecular formula is C12H14O3S2. The first-order valence-corrected chi connectivity index (χ1v) is 6.39. The molecule has 0 spiro atoms. The Bertz CT molecular complexity index is 377. The molecule has 0 aliphatic rings. The molecule has 0 amide bonds. The molecule has 3 nitrogen and oxygen atoms in total. The van der Waals surface area contributed by atoms with Gasteiger partial charge in [0.05, 0.1) is 6.10 Å². The maximum Gasteiger partial charge on any atom is 0.376 e. The zero-order chi connectivity index (χ0) is 12.7. The highest BCUT2D eigenvalue weighted by Crippen LogP contribution is 2.13. The van der Waals surface area contributed by atoms with E-state index in [9.17, 15) is 4.79 Å². The molecule has 0 aromatic heterocycles. The Hall–Kier alpha value is -1.07. The highest BCUT2D eigenvalue weighted by atomic mass is 32.2. The van der Waals surface area contributed by atoms with E-state index in [1.807, 2.05) is 44.2 Å². The number of hydrogen-bond donors (Lipinski definition) is 0. The smallest absolute Gasteiger partial charge is 0.376 e. The van der Waals surface area contributed by atoms with Crippen LogP contribution in [-0.2, 0) is 16.1 Å². The molecule has 0 bridgehead atoms. The number of carbonyl (C=O) groups excluding carboxylic acids is 1. The minimum atomic E-state index is -0.445. The lowest BCUT2D eigenvalue weighted by Gasteiger charge is -2.09. The highest BCUT2D eigenvalue weighted by molar-refractivity contribution is 8.32. The van der Waals surface area contributed by atoms with Crippen LogP contribution in [0.25, 0.3) is 0 Å². The van der Waals surface area contributed by atoms with E-state index >= 15 is 0 Å². The van der Waals surface area contributed by atoms with Gasteiger partial charge < -0.3 is 9.47 Å². The van der Waals surface area contributed by atoms with Crippen LogP contribution in [0, 0.1) is 0 Å². The lowest BCUT2D eigenvalue weighted by molar-refractivity contribution is 0.168. The molecule has 0 saturated carbocycles. The summed E-state index contributed by atoms with van der Waals surface area (Å²) >= 11 is 5.67. The molecular weight excluding hydrogens is 256 g/mol. The van der Waals surface area contributed by atoms with Crippen molar-refractivity contribution in [3.63, 3.8) is 0 Å². The number of rotatable bonds is 3. The summed E-state index contributed by atoms with van der Waals surface area (Å²) in [5.74, 6) is 0. The largest absolute Gasteiger partial charge is 0.475 e. The van der Waals surface area contributed by atoms with E-state index in [-0.39, 0.29) is 17.1 Å². The number of thiocarbonyl (C=S) groups is 1. The van der Waals surface area contributed by atoms with Gasteiger partial charge in [0.25, 0.3) is 0 Å². The predicted molar refractivity (Wildman–Crippen MR) is 73.0 cm³/mol. The third-order valence-corrected chi connectivity index (χ3v) is 2.59. The van der Waals surface area contributed by atoms with Crippen LogP contribution >= 0.6 is 24.0 Å². The standard InChI is InChI=1S/C12H14O3S2/c1-9(2)15-12(16)17-11(13)14-8-10-6-4-3-5-7-10/h3-7,9H,8H2,1-2H3. The summed E-state index contributed by atoms with van der Waals surface area (Å²) in [5, 5.41) is -0.445. The fourth-order valence-electron chi connectivity index (χ4n) is 1.03. The summed E-state index contributed by atoms with van der Waals surface area (Å²) in [6.07, 6.45) is -0.0306. The zero-order valence-corrected chi connectivity index (χ0v) is 11.3. The Kier molecular flexibility index (Phi) is 6.00. The molecule has 0 radical (unpaired) electrons. The monoisotopic (exact) mass is 270 g/mol. The first kappa shape index (κ1) is 14.0. The molecule has 5 heteroatoms. The van der Waals surface area contributed by atoms with E-state index < -0.39 is 5.30 Å². The van der Waals surface area contributed by atoms with Crippen molar-refractivity contribution in [2.24, 2.45) is 0 Å². The van der Waals surface area contributed by atoms with Gasteiger partial charge in [0.15, 0.2) is 0 Å². The van der Waals surface area contributed by atoms with Crippen LogP contribution in [0.15, 0.2) is 30.3 Å². The SMILES string of the molecule is CC(C)OC(=S)SC(=O)OCc1ccccc1. The van der Waals surface area contributed by atoms with Crippen LogP contribution in [-0.4, -0.2) is 15.8 Å². The second kappa shape index (κ2) is 7.29. The first-order valence-electron chi connectivity index (χ1n) is 5.17. The fraction of sp³-hybridized carbons (Fsp3) is 0.333. The second-order valence-electron chi connectivity index (χ2n) is 3.54. The quantitative estimate of drug-likeness (QED) is 0.617. The predicted octanol–water partition coefficient (Wildman–Crippen LogP) is 3.77. The first-order chi connectivity index (χ1) is 8.08. The van der Waals surface area contributed by atoms with Crippen LogP contribution < -0.4 is 0 Å². The summed E-state index contributed by atoms with van der Waals surface area (Å²) in [7, 11) is 0. The number of thioether (sulfide) groups is 1. The Morgan fingerprint density at radius 3 is 2.59 bits per heavy atom. The van der Waals surface area contributed by atoms with Crippen molar-refractivity contribution in [3.8, 4) is 0 Å². The molecule has 0 fully saturated rings. The van der Waals surface area contributed by atoms with E-state index in [0.717, 1.165) is 17.3 Å². The molecule has 0 N–H and O–H groups in total. The van der Waals surface area contributed by atoms with Gasteiger partial charge in [0.2, 0.25) is 4.38 Å². The van der Waals surface area contributed by atoms with Crippen molar-refractivity contribution >= 4 is 33.7 Å². The second-order valence-corrected chi connectivity index (χ2v) is 5.08. The Morgan fingerprint density at radius 1 is 1.35 bits per heavy atom. The van der Waals surface area contributed by atoms with E-state index in [0.29, 0.717) is 0 Å². The van der Waals surface area contributed by atoms with Crippen LogP contribution in [0.3, 0.4) is 0 Å². The van der Waals surface area contributed by atoms with Crippen molar-refractivity contribution in [3.05, 3.63) is 35.9 Å². The summed E-state index contributed by atoms with van der Waals surface area (Å²) in [4.78, 5) is 11.4. The molecule has 92 valence electrons. The van der Waals surface area contributed by atoms with Gasteiger partial charge in [0.1, 0.15) is 6.61 Å². The molecule has 0 unspecified atom stereocenters. The molecule has 1 rings (SSSR count). The molecule has 0 aliphatic carbocycles. The van der Waals surface area contributed by atoms with Gasteiger partial charge in [0, 0.05) is 11.8 Å². The minimum Gasteiger partial charge on any atom is -0.475 e. The lowest BCUT2D eigenvalue weighted by Crippen LogP contribution is -2.09. The molecule has 17 heavy (non-hydrogen) atoms. The van der Waals surface area contributed by atoms with Crippen molar-refractivity contribution < 1.29 is 14.3 Å². The molecule has 0 aliphatic heterocycles. The summed E-state index contributed by atoms with van der Waals surface area (Å²) in [6, 6.07) is 9.47. The number of carbonyl (C=O) groups is 1. The summed E-state index contributed by atoms with van der Waals surface area (Å²) in [5.41, 5.74) is 0.942. The maximum absolute atomic E-state index is 11.4. The normalized spacial score (nSPS) is 10.1. The van der Waals surface area contributed by atoms with Crippen molar-refractivity contribution in [2.45, 2.75) is 26.6 Å². The van der Waals surface area contributed by atoms with E-state index in [4.69, 9.17) is 21.7 Å². The highest BCUT2D eigenvalue weighted by Gasteiger charge is 2.11. The van der Waals surface area contributed by atoms with Gasteiger partial charge in [-0.15, -0.1) is 0 Å². The van der Waals surface area contributed by atoms with Crippen molar-refractivity contribution in [2.75, 3.05) is 0 Å². The zero-order valence-electron chi connectivity index (χ0n) is 9.71. The molecule has 0 heterocycles. The average Bonchev–Trinajstić information content (AvgIpc) is 2.26. The van der Waals surface area contributed by atoms with Gasteiger partial charge in [-0.3, -0.25) is 0 Å². The molecule has 0 saturated heterocycles. The van der Waals surface area contributed by atoms with E-state index in [2.05, 4.69) is 0 Å². The van der Waals surface area contributed by atoms with Crippen molar-refractivity contribution in [1.29, 1.82) is 0 Å². The molecule has 1 aromatic rings. The average molecular weight is 270 g/mol. The number of hydrogen-bond acceptors (Lipinski definition) is 5. The lowest BCUT2D eigenvalue weighted by atomic mass is 10.2. The number of ether oxygens (including phenoxy) is 2. The topological polar surface area (TPSA) is 35.5 Å². The van der Waals surface area contributed by atoms with Gasteiger partial charge in [-0.2, -0.15) is 0 Å². The van der Waals surface area contributed by atoms with Crippen LogP contribution in [0.4, 0.5) is 4.79 Å². The fourth-order valence-corrected chi connectivity index (χ4v) is 1.92. The van der Waals surface area contributed by atoms with Crippen LogP contribution in [0.2, 0.25) is 0 Å². The van der Waals surface area contributed by atoms with Gasteiger partial charge in [-0.25, -0.2) is 4.79 Å². The van der Waals surface area contributed by atoms with E-state index in [1.54, 1.807) is 0 Å². The van der Waals surface area contributed by atoms with Crippen molar-refractivity contribution in [1.82, 2.24) is 0 Å². The number of benzene rings is 1. The Labute approximate surface area is 110 Å². The molecule has 1 aromatic carbocycles. The third-order valence-electron chi connectivity index (χ3n) is 1.70. The van der Waals surface area contributed by atoms with Gasteiger partial charge in [-0.05, 0) is 31.6 Å². The summed E-state index contributed by atoms with van der Waals surface area (Å²) in [6.45, 7) is 3.95.